The number of hydrogen-bond donors (Lipinski definition) is 3. The zero-order valence-electron chi connectivity index (χ0n) is 18.3. The summed E-state index contributed by atoms with van der Waals surface area (Å²) in [4.78, 5) is 4.70. The van der Waals surface area contributed by atoms with Gasteiger partial charge in [-0.3, -0.25) is 0 Å². The number of furan rings is 1. The first kappa shape index (κ1) is 23.0. The summed E-state index contributed by atoms with van der Waals surface area (Å²) < 4.78 is 11.3. The van der Waals surface area contributed by atoms with E-state index in [4.69, 9.17) is 14.1 Å². The van der Waals surface area contributed by atoms with Gasteiger partial charge in [-0.2, -0.15) is 0 Å². The van der Waals surface area contributed by atoms with Crippen LogP contribution in [-0.2, 0) is 23.5 Å². The van der Waals surface area contributed by atoms with E-state index >= 15 is 0 Å². The number of rotatable bonds is 10. The summed E-state index contributed by atoms with van der Waals surface area (Å²) >= 11 is 0. The molecule has 0 aliphatic carbocycles. The molecule has 2 aromatic rings. The summed E-state index contributed by atoms with van der Waals surface area (Å²) in [6.45, 7) is 12.6. The SMILES string of the molecule is CCCOCc1ccccc1CN=C(NCC)NCC(C)(O)c1cc(C)oc1C. The van der Waals surface area contributed by atoms with Crippen molar-refractivity contribution in [2.24, 2.45) is 4.99 Å². The van der Waals surface area contributed by atoms with Crippen LogP contribution < -0.4 is 10.6 Å². The van der Waals surface area contributed by atoms with Crippen molar-refractivity contribution in [1.82, 2.24) is 10.6 Å². The number of ether oxygens (including phenoxy) is 1. The molecule has 1 unspecified atom stereocenters. The Balaban J connectivity index is 2.06. The van der Waals surface area contributed by atoms with Crippen molar-refractivity contribution in [1.29, 1.82) is 0 Å². The zero-order valence-corrected chi connectivity index (χ0v) is 18.3. The van der Waals surface area contributed by atoms with Crippen molar-refractivity contribution in [3.8, 4) is 0 Å². The van der Waals surface area contributed by atoms with Gasteiger partial charge >= 0.3 is 0 Å². The van der Waals surface area contributed by atoms with Gasteiger partial charge < -0.3 is 24.9 Å². The summed E-state index contributed by atoms with van der Waals surface area (Å²) in [6, 6.07) is 10.1. The summed E-state index contributed by atoms with van der Waals surface area (Å²) in [5.74, 6) is 2.19. The van der Waals surface area contributed by atoms with Crippen molar-refractivity contribution >= 4 is 5.96 Å². The summed E-state index contributed by atoms with van der Waals surface area (Å²) in [5.41, 5.74) is 2.01. The van der Waals surface area contributed by atoms with Gasteiger partial charge in [0.2, 0.25) is 0 Å². The number of aryl methyl sites for hydroxylation is 2. The van der Waals surface area contributed by atoms with Gasteiger partial charge in [0.05, 0.1) is 19.7 Å². The van der Waals surface area contributed by atoms with Crippen molar-refractivity contribution < 1.29 is 14.3 Å². The number of nitrogens with zero attached hydrogens (tertiary/aromatic N) is 1. The van der Waals surface area contributed by atoms with Crippen LogP contribution in [0.1, 0.15) is 55.4 Å². The number of benzene rings is 1. The van der Waals surface area contributed by atoms with E-state index in [-0.39, 0.29) is 0 Å². The molecule has 0 bridgehead atoms. The molecular weight excluding hydrogens is 366 g/mol. The highest BCUT2D eigenvalue weighted by molar-refractivity contribution is 5.79. The molecule has 3 N–H and O–H groups in total. The lowest BCUT2D eigenvalue weighted by atomic mass is 9.96. The molecule has 1 heterocycles. The fraction of sp³-hybridized carbons (Fsp3) is 0.522. The molecule has 0 saturated heterocycles. The van der Waals surface area contributed by atoms with Crippen molar-refractivity contribution in [2.45, 2.75) is 59.8 Å². The number of aliphatic hydroxyl groups is 1. The number of hydrogen-bond acceptors (Lipinski definition) is 4. The normalized spacial score (nSPS) is 13.9. The third-order valence-electron chi connectivity index (χ3n) is 4.70. The van der Waals surface area contributed by atoms with Gasteiger partial charge in [-0.15, -0.1) is 0 Å². The maximum Gasteiger partial charge on any atom is 0.191 e. The lowest BCUT2D eigenvalue weighted by molar-refractivity contribution is 0.0601. The Kier molecular flexibility index (Phi) is 8.73. The van der Waals surface area contributed by atoms with Crippen molar-refractivity contribution in [3.63, 3.8) is 0 Å². The molecule has 1 aromatic heterocycles. The van der Waals surface area contributed by atoms with Crippen LogP contribution in [0.2, 0.25) is 0 Å². The van der Waals surface area contributed by atoms with Crippen LogP contribution in [0.3, 0.4) is 0 Å². The molecule has 160 valence electrons. The molecule has 0 aliphatic rings. The topological polar surface area (TPSA) is 79.0 Å². The molecule has 1 atom stereocenters. The molecule has 0 spiro atoms. The van der Waals surface area contributed by atoms with E-state index in [1.807, 2.05) is 39.0 Å². The average molecular weight is 402 g/mol. The van der Waals surface area contributed by atoms with Crippen molar-refractivity contribution in [3.05, 3.63) is 58.5 Å². The van der Waals surface area contributed by atoms with Gasteiger partial charge in [0.1, 0.15) is 17.1 Å². The summed E-state index contributed by atoms with van der Waals surface area (Å²) in [7, 11) is 0. The minimum absolute atomic E-state index is 0.319. The number of aliphatic imine (C=N–C) groups is 1. The van der Waals surface area contributed by atoms with Crippen LogP contribution in [0.15, 0.2) is 39.7 Å². The van der Waals surface area contributed by atoms with Crippen LogP contribution in [-0.4, -0.2) is 30.8 Å². The van der Waals surface area contributed by atoms with Gasteiger partial charge in [0, 0.05) is 18.7 Å². The maximum atomic E-state index is 10.9. The van der Waals surface area contributed by atoms with Crippen LogP contribution in [0.25, 0.3) is 0 Å². The minimum atomic E-state index is -1.07. The first-order valence-corrected chi connectivity index (χ1v) is 10.3. The van der Waals surface area contributed by atoms with Crippen LogP contribution in [0.4, 0.5) is 0 Å². The second kappa shape index (κ2) is 11.0. The molecule has 0 saturated carbocycles. The van der Waals surface area contributed by atoms with Gasteiger partial charge in [-0.25, -0.2) is 4.99 Å². The molecule has 1 aromatic carbocycles. The smallest absolute Gasteiger partial charge is 0.191 e. The van der Waals surface area contributed by atoms with Crippen LogP contribution in [0.5, 0.6) is 0 Å². The van der Waals surface area contributed by atoms with Crippen molar-refractivity contribution in [2.75, 3.05) is 19.7 Å². The molecule has 2 rings (SSSR count). The summed E-state index contributed by atoms with van der Waals surface area (Å²) in [6.07, 6.45) is 1.00. The van der Waals surface area contributed by atoms with Crippen LogP contribution >= 0.6 is 0 Å². The lowest BCUT2D eigenvalue weighted by Crippen LogP contribution is -2.44. The van der Waals surface area contributed by atoms with Crippen LogP contribution in [0, 0.1) is 13.8 Å². The third-order valence-corrected chi connectivity index (χ3v) is 4.70. The number of guanidine groups is 1. The monoisotopic (exact) mass is 401 g/mol. The Morgan fingerprint density at radius 2 is 1.90 bits per heavy atom. The maximum absolute atomic E-state index is 10.9. The van der Waals surface area contributed by atoms with E-state index in [9.17, 15) is 5.11 Å². The molecule has 0 radical (unpaired) electrons. The van der Waals surface area contributed by atoms with E-state index in [0.717, 1.165) is 47.8 Å². The van der Waals surface area contributed by atoms with Gasteiger partial charge in [-0.05, 0) is 51.3 Å². The van der Waals surface area contributed by atoms with Gasteiger partial charge in [0.15, 0.2) is 5.96 Å². The largest absolute Gasteiger partial charge is 0.466 e. The Hall–Kier alpha value is -2.31. The lowest BCUT2D eigenvalue weighted by Gasteiger charge is -2.24. The van der Waals surface area contributed by atoms with E-state index in [1.165, 1.54) is 0 Å². The third kappa shape index (κ3) is 6.91. The molecule has 0 fully saturated rings. The highest BCUT2D eigenvalue weighted by atomic mass is 16.5. The fourth-order valence-electron chi connectivity index (χ4n) is 3.20. The minimum Gasteiger partial charge on any atom is -0.466 e. The van der Waals surface area contributed by atoms with E-state index in [0.29, 0.717) is 25.7 Å². The average Bonchev–Trinajstić information content (AvgIpc) is 3.04. The Morgan fingerprint density at radius 1 is 1.17 bits per heavy atom. The molecule has 6 heteroatoms. The highest BCUT2D eigenvalue weighted by Gasteiger charge is 2.27. The standard InChI is InChI=1S/C23H35N3O3/c1-6-12-28-15-20-11-9-8-10-19(20)14-25-22(24-7-2)26-16-23(5,27)21-13-17(3)29-18(21)4/h8-11,13,27H,6-7,12,14-16H2,1-5H3,(H2,24,25,26). The first-order valence-electron chi connectivity index (χ1n) is 10.3. The van der Waals surface area contributed by atoms with Gasteiger partial charge in [-0.1, -0.05) is 31.2 Å². The molecular formula is C23H35N3O3. The van der Waals surface area contributed by atoms with E-state index in [2.05, 4.69) is 29.7 Å². The molecule has 6 nitrogen and oxygen atoms in total. The number of nitrogens with one attached hydrogen (secondary N) is 2. The Labute approximate surface area is 174 Å². The van der Waals surface area contributed by atoms with Gasteiger partial charge in [0.25, 0.3) is 0 Å². The summed E-state index contributed by atoms with van der Waals surface area (Å²) in [5, 5.41) is 17.4. The van der Waals surface area contributed by atoms with E-state index in [1.54, 1.807) is 6.92 Å². The highest BCUT2D eigenvalue weighted by Crippen LogP contribution is 2.26. The molecule has 0 aliphatic heterocycles. The zero-order chi connectivity index (χ0) is 21.3. The quantitative estimate of drug-likeness (QED) is 0.321. The predicted molar refractivity (Wildman–Crippen MR) is 117 cm³/mol. The Morgan fingerprint density at radius 3 is 2.52 bits per heavy atom. The predicted octanol–water partition coefficient (Wildman–Crippen LogP) is 3.79. The van der Waals surface area contributed by atoms with E-state index < -0.39 is 5.60 Å². The second-order valence-corrected chi connectivity index (χ2v) is 7.47. The Bertz CT molecular complexity index is 796. The second-order valence-electron chi connectivity index (χ2n) is 7.47. The molecule has 29 heavy (non-hydrogen) atoms. The fourth-order valence-corrected chi connectivity index (χ4v) is 3.20. The first-order chi connectivity index (χ1) is 13.9. The molecule has 0 amide bonds.